The summed E-state index contributed by atoms with van der Waals surface area (Å²) in [5.41, 5.74) is 1.99. The van der Waals surface area contributed by atoms with Crippen molar-refractivity contribution >= 4 is 6.29 Å². The van der Waals surface area contributed by atoms with Gasteiger partial charge in [0, 0.05) is 0 Å². The van der Waals surface area contributed by atoms with E-state index in [0.29, 0.717) is 6.29 Å². The lowest BCUT2D eigenvalue weighted by molar-refractivity contribution is -0.108. The molecule has 1 aromatic rings. The number of hydrogen-bond donors (Lipinski definition) is 0. The number of hydrogen-bond acceptors (Lipinski definition) is 2. The molecule has 1 unspecified atom stereocenters. The van der Waals surface area contributed by atoms with E-state index in [1.807, 2.05) is 30.3 Å². The Morgan fingerprint density at radius 2 is 2.08 bits per heavy atom. The Balaban J connectivity index is 2.92. The van der Waals surface area contributed by atoms with Crippen LogP contribution in [-0.2, 0) is 11.2 Å². The van der Waals surface area contributed by atoms with Gasteiger partial charge in [0.05, 0.1) is 6.07 Å². The molecule has 0 saturated heterocycles. The third kappa shape index (κ3) is 2.16. The van der Waals surface area contributed by atoms with Crippen LogP contribution in [0.25, 0.3) is 0 Å². The van der Waals surface area contributed by atoms with Crippen LogP contribution in [0.3, 0.4) is 0 Å². The van der Waals surface area contributed by atoms with Crippen molar-refractivity contribution in [1.29, 1.82) is 5.26 Å². The van der Waals surface area contributed by atoms with Gasteiger partial charge in [0.25, 0.3) is 0 Å². The smallest absolute Gasteiger partial charge is 0.141 e. The van der Waals surface area contributed by atoms with Gasteiger partial charge in [0.15, 0.2) is 0 Å². The zero-order valence-corrected chi connectivity index (χ0v) is 7.53. The molecule has 1 atom stereocenters. The van der Waals surface area contributed by atoms with Gasteiger partial charge in [0.2, 0.25) is 0 Å². The zero-order chi connectivity index (χ0) is 9.68. The summed E-state index contributed by atoms with van der Waals surface area (Å²) >= 11 is 0. The first-order valence-electron chi connectivity index (χ1n) is 4.25. The lowest BCUT2D eigenvalue weighted by atomic mass is 10.0. The van der Waals surface area contributed by atoms with Gasteiger partial charge < -0.3 is 4.79 Å². The fraction of sp³-hybridized carbons (Fsp3) is 0.273. The molecule has 0 aliphatic rings. The van der Waals surface area contributed by atoms with E-state index in [2.05, 4.69) is 6.92 Å². The van der Waals surface area contributed by atoms with Crippen LogP contribution in [0, 0.1) is 11.3 Å². The first kappa shape index (κ1) is 9.47. The summed E-state index contributed by atoms with van der Waals surface area (Å²) in [6.07, 6.45) is 1.64. The van der Waals surface area contributed by atoms with Gasteiger partial charge in [-0.25, -0.2) is 0 Å². The van der Waals surface area contributed by atoms with Crippen molar-refractivity contribution in [2.24, 2.45) is 0 Å². The van der Waals surface area contributed by atoms with E-state index in [9.17, 15) is 4.79 Å². The maximum atomic E-state index is 10.5. The van der Waals surface area contributed by atoms with Crippen LogP contribution in [0.4, 0.5) is 0 Å². The van der Waals surface area contributed by atoms with E-state index in [0.717, 1.165) is 12.0 Å². The fourth-order valence-corrected chi connectivity index (χ4v) is 1.14. The summed E-state index contributed by atoms with van der Waals surface area (Å²) in [5.74, 6) is -0.620. The van der Waals surface area contributed by atoms with Crippen LogP contribution in [0.1, 0.15) is 24.0 Å². The molecule has 0 aromatic heterocycles. The normalized spacial score (nSPS) is 11.7. The van der Waals surface area contributed by atoms with E-state index in [4.69, 9.17) is 5.26 Å². The summed E-state index contributed by atoms with van der Waals surface area (Å²) in [5, 5.41) is 8.62. The molecule has 1 aromatic carbocycles. The molecule has 0 N–H and O–H groups in total. The minimum absolute atomic E-state index is 0.620. The van der Waals surface area contributed by atoms with Gasteiger partial charge in [-0.2, -0.15) is 5.26 Å². The summed E-state index contributed by atoms with van der Waals surface area (Å²) in [4.78, 5) is 10.5. The second kappa shape index (κ2) is 4.42. The molecule has 0 aliphatic carbocycles. The Kier molecular flexibility index (Phi) is 3.22. The van der Waals surface area contributed by atoms with Crippen LogP contribution in [0.2, 0.25) is 0 Å². The first-order valence-corrected chi connectivity index (χ1v) is 4.25. The summed E-state index contributed by atoms with van der Waals surface area (Å²) in [6, 6.07) is 9.50. The molecule has 66 valence electrons. The Morgan fingerprint density at radius 3 is 2.46 bits per heavy atom. The number of aldehydes is 1. The van der Waals surface area contributed by atoms with Gasteiger partial charge in [0.1, 0.15) is 12.2 Å². The number of nitrogens with zero attached hydrogens (tertiary/aromatic N) is 1. The average molecular weight is 173 g/mol. The maximum absolute atomic E-state index is 10.5. The number of carbonyl (C=O) groups is 1. The van der Waals surface area contributed by atoms with E-state index in [1.165, 1.54) is 5.56 Å². The van der Waals surface area contributed by atoms with Crippen molar-refractivity contribution in [3.8, 4) is 6.07 Å². The van der Waals surface area contributed by atoms with Crippen molar-refractivity contribution in [2.45, 2.75) is 19.3 Å². The van der Waals surface area contributed by atoms with Gasteiger partial charge >= 0.3 is 0 Å². The highest BCUT2D eigenvalue weighted by Crippen LogP contribution is 2.13. The zero-order valence-electron chi connectivity index (χ0n) is 7.53. The van der Waals surface area contributed by atoms with Gasteiger partial charge in [-0.05, 0) is 17.5 Å². The van der Waals surface area contributed by atoms with Crippen LogP contribution in [0.5, 0.6) is 0 Å². The monoisotopic (exact) mass is 173 g/mol. The van der Waals surface area contributed by atoms with E-state index < -0.39 is 5.92 Å². The third-order valence-electron chi connectivity index (χ3n) is 2.02. The minimum atomic E-state index is -0.620. The number of aryl methyl sites for hydroxylation is 1. The largest absolute Gasteiger partial charge is 0.302 e. The molecule has 0 bridgehead atoms. The van der Waals surface area contributed by atoms with Gasteiger partial charge in [-0.1, -0.05) is 31.2 Å². The molecule has 0 spiro atoms. The molecular formula is C11H11NO. The molecule has 0 heterocycles. The predicted molar refractivity (Wildman–Crippen MR) is 50.2 cm³/mol. The molecule has 0 fully saturated rings. The average Bonchev–Trinajstić information content (AvgIpc) is 2.21. The Morgan fingerprint density at radius 1 is 1.46 bits per heavy atom. The first-order chi connectivity index (χ1) is 6.31. The standard InChI is InChI=1S/C11H11NO/c1-2-9-3-5-10(6-4-9)11(7-12)8-13/h3-6,8,11H,2H2,1H3. The summed E-state index contributed by atoms with van der Waals surface area (Å²) < 4.78 is 0. The molecule has 0 aliphatic heterocycles. The molecule has 0 amide bonds. The lowest BCUT2D eigenvalue weighted by Crippen LogP contribution is -1.96. The maximum Gasteiger partial charge on any atom is 0.141 e. The molecule has 1 rings (SSSR count). The molecule has 2 heteroatoms. The number of carbonyl (C=O) groups excluding carboxylic acids is 1. The highest BCUT2D eigenvalue weighted by Gasteiger charge is 2.07. The molecule has 2 nitrogen and oxygen atoms in total. The highest BCUT2D eigenvalue weighted by atomic mass is 16.1. The Bertz CT molecular complexity index is 321. The minimum Gasteiger partial charge on any atom is -0.302 e. The van der Waals surface area contributed by atoms with Crippen LogP contribution in [0.15, 0.2) is 24.3 Å². The van der Waals surface area contributed by atoms with Crippen LogP contribution < -0.4 is 0 Å². The second-order valence-corrected chi connectivity index (χ2v) is 2.84. The molecule has 13 heavy (non-hydrogen) atoms. The topological polar surface area (TPSA) is 40.9 Å². The van der Waals surface area contributed by atoms with Crippen molar-refractivity contribution in [3.63, 3.8) is 0 Å². The molecular weight excluding hydrogens is 162 g/mol. The number of nitriles is 1. The lowest BCUT2D eigenvalue weighted by Gasteiger charge is -2.02. The van der Waals surface area contributed by atoms with Gasteiger partial charge in [-0.3, -0.25) is 0 Å². The molecule has 0 saturated carbocycles. The van der Waals surface area contributed by atoms with Crippen LogP contribution >= 0.6 is 0 Å². The summed E-state index contributed by atoms with van der Waals surface area (Å²) in [7, 11) is 0. The second-order valence-electron chi connectivity index (χ2n) is 2.84. The van der Waals surface area contributed by atoms with E-state index >= 15 is 0 Å². The number of benzene rings is 1. The predicted octanol–water partition coefficient (Wildman–Crippen LogP) is 2.06. The summed E-state index contributed by atoms with van der Waals surface area (Å²) in [6.45, 7) is 2.07. The van der Waals surface area contributed by atoms with E-state index in [1.54, 1.807) is 0 Å². The SMILES string of the molecule is CCc1ccc(C(C#N)C=O)cc1. The van der Waals surface area contributed by atoms with Crippen molar-refractivity contribution in [2.75, 3.05) is 0 Å². The van der Waals surface area contributed by atoms with Crippen molar-refractivity contribution in [1.82, 2.24) is 0 Å². The van der Waals surface area contributed by atoms with E-state index in [-0.39, 0.29) is 0 Å². The highest BCUT2D eigenvalue weighted by molar-refractivity contribution is 5.66. The van der Waals surface area contributed by atoms with Crippen molar-refractivity contribution in [3.05, 3.63) is 35.4 Å². The quantitative estimate of drug-likeness (QED) is 0.656. The van der Waals surface area contributed by atoms with Gasteiger partial charge in [-0.15, -0.1) is 0 Å². The van der Waals surface area contributed by atoms with Crippen molar-refractivity contribution < 1.29 is 4.79 Å². The number of rotatable bonds is 3. The third-order valence-corrected chi connectivity index (χ3v) is 2.02. The Labute approximate surface area is 77.8 Å². The fourth-order valence-electron chi connectivity index (χ4n) is 1.14. The molecule has 0 radical (unpaired) electrons. The Hall–Kier alpha value is -1.62. The van der Waals surface area contributed by atoms with Crippen LogP contribution in [-0.4, -0.2) is 6.29 Å².